The maximum Gasteiger partial charge on any atom is 0.227 e. The highest BCUT2D eigenvalue weighted by Gasteiger charge is 2.46. The van der Waals surface area contributed by atoms with Crippen LogP contribution in [0.4, 0.5) is 0 Å². The first-order chi connectivity index (χ1) is 9.57. The molecule has 1 aliphatic heterocycles. The summed E-state index contributed by atoms with van der Waals surface area (Å²) in [5.41, 5.74) is 5.34. The molecule has 1 aliphatic carbocycles. The Morgan fingerprint density at radius 1 is 1.35 bits per heavy atom. The standard InChI is InChI=1S/C14H25N3O3/c1-11-8-14(9-11,10-15)13(19)16-3-2-12(18)17-4-6-20-7-5-17/h11H,2-10,15H2,1H3,(H,16,19). The lowest BCUT2D eigenvalue weighted by atomic mass is 9.62. The highest BCUT2D eigenvalue weighted by molar-refractivity contribution is 5.84. The van der Waals surface area contributed by atoms with Crippen LogP contribution in [0, 0.1) is 11.3 Å². The van der Waals surface area contributed by atoms with Crippen LogP contribution in [0.2, 0.25) is 0 Å². The molecule has 1 heterocycles. The van der Waals surface area contributed by atoms with Gasteiger partial charge in [0.05, 0.1) is 18.6 Å². The highest BCUT2D eigenvalue weighted by Crippen LogP contribution is 2.44. The second kappa shape index (κ2) is 6.54. The summed E-state index contributed by atoms with van der Waals surface area (Å²) < 4.78 is 5.21. The molecule has 2 fully saturated rings. The monoisotopic (exact) mass is 283 g/mol. The Morgan fingerprint density at radius 3 is 2.55 bits per heavy atom. The smallest absolute Gasteiger partial charge is 0.227 e. The van der Waals surface area contributed by atoms with Crippen molar-refractivity contribution < 1.29 is 14.3 Å². The average Bonchev–Trinajstić information content (AvgIpc) is 2.44. The number of rotatable bonds is 5. The fourth-order valence-electron chi connectivity index (χ4n) is 3.16. The Balaban J connectivity index is 1.70. The van der Waals surface area contributed by atoms with Crippen LogP contribution in [-0.2, 0) is 14.3 Å². The van der Waals surface area contributed by atoms with Crippen LogP contribution in [-0.4, -0.2) is 56.1 Å². The number of nitrogens with two attached hydrogens (primary N) is 1. The van der Waals surface area contributed by atoms with E-state index in [-0.39, 0.29) is 17.2 Å². The van der Waals surface area contributed by atoms with E-state index in [4.69, 9.17) is 10.5 Å². The summed E-state index contributed by atoms with van der Waals surface area (Å²) >= 11 is 0. The van der Waals surface area contributed by atoms with Crippen molar-refractivity contribution in [2.24, 2.45) is 17.1 Å². The lowest BCUT2D eigenvalue weighted by Gasteiger charge is -2.44. The molecule has 1 saturated carbocycles. The number of carbonyl (C=O) groups is 2. The molecule has 2 aliphatic rings. The Bertz CT molecular complexity index is 361. The van der Waals surface area contributed by atoms with Crippen LogP contribution in [0.25, 0.3) is 0 Å². The number of nitrogens with one attached hydrogen (secondary N) is 1. The molecule has 6 nitrogen and oxygen atoms in total. The van der Waals surface area contributed by atoms with Crippen molar-refractivity contribution in [2.45, 2.75) is 26.2 Å². The fourth-order valence-corrected chi connectivity index (χ4v) is 3.16. The highest BCUT2D eigenvalue weighted by atomic mass is 16.5. The molecule has 3 N–H and O–H groups in total. The molecule has 0 radical (unpaired) electrons. The van der Waals surface area contributed by atoms with E-state index in [1.807, 2.05) is 0 Å². The lowest BCUT2D eigenvalue weighted by molar-refractivity contribution is -0.138. The third-order valence-corrected chi connectivity index (χ3v) is 4.34. The van der Waals surface area contributed by atoms with Crippen LogP contribution >= 0.6 is 0 Å². The largest absolute Gasteiger partial charge is 0.378 e. The van der Waals surface area contributed by atoms with E-state index in [0.717, 1.165) is 12.8 Å². The van der Waals surface area contributed by atoms with Gasteiger partial charge in [0, 0.05) is 32.6 Å². The molecule has 1 saturated heterocycles. The van der Waals surface area contributed by atoms with Gasteiger partial charge in [0.2, 0.25) is 11.8 Å². The second-order valence-corrected chi connectivity index (χ2v) is 6.00. The zero-order valence-electron chi connectivity index (χ0n) is 12.2. The Labute approximate surface area is 120 Å². The molecule has 0 aromatic rings. The van der Waals surface area contributed by atoms with E-state index < -0.39 is 0 Å². The maximum absolute atomic E-state index is 12.1. The van der Waals surface area contributed by atoms with E-state index in [1.54, 1.807) is 4.90 Å². The molecular formula is C14H25N3O3. The van der Waals surface area contributed by atoms with Gasteiger partial charge < -0.3 is 20.7 Å². The van der Waals surface area contributed by atoms with Crippen molar-refractivity contribution >= 4 is 11.8 Å². The molecule has 0 bridgehead atoms. The third-order valence-electron chi connectivity index (χ3n) is 4.34. The Kier molecular flexibility index (Phi) is 4.99. The summed E-state index contributed by atoms with van der Waals surface area (Å²) in [6.45, 7) is 5.42. The van der Waals surface area contributed by atoms with Gasteiger partial charge in [-0.1, -0.05) is 6.92 Å². The van der Waals surface area contributed by atoms with Gasteiger partial charge in [-0.15, -0.1) is 0 Å². The zero-order valence-corrected chi connectivity index (χ0v) is 12.2. The summed E-state index contributed by atoms with van der Waals surface area (Å²) in [5, 5.41) is 2.87. The van der Waals surface area contributed by atoms with E-state index in [9.17, 15) is 9.59 Å². The first-order valence-electron chi connectivity index (χ1n) is 7.41. The molecule has 0 atom stereocenters. The predicted molar refractivity (Wildman–Crippen MR) is 74.9 cm³/mol. The molecule has 114 valence electrons. The molecule has 0 spiro atoms. The number of carbonyl (C=O) groups excluding carboxylic acids is 2. The number of hydrogen-bond donors (Lipinski definition) is 2. The van der Waals surface area contributed by atoms with Crippen molar-refractivity contribution in [3.8, 4) is 0 Å². The van der Waals surface area contributed by atoms with E-state index in [0.29, 0.717) is 51.7 Å². The first-order valence-corrected chi connectivity index (χ1v) is 7.41. The van der Waals surface area contributed by atoms with Crippen molar-refractivity contribution in [3.63, 3.8) is 0 Å². The van der Waals surface area contributed by atoms with Gasteiger partial charge in [-0.25, -0.2) is 0 Å². The van der Waals surface area contributed by atoms with Gasteiger partial charge in [0.25, 0.3) is 0 Å². The van der Waals surface area contributed by atoms with Crippen LogP contribution < -0.4 is 11.1 Å². The van der Waals surface area contributed by atoms with Gasteiger partial charge in [0.1, 0.15) is 0 Å². The molecular weight excluding hydrogens is 258 g/mol. The molecule has 2 rings (SSSR count). The molecule has 6 heteroatoms. The topological polar surface area (TPSA) is 84.7 Å². The van der Waals surface area contributed by atoms with E-state index in [1.165, 1.54) is 0 Å². The van der Waals surface area contributed by atoms with Gasteiger partial charge in [-0.3, -0.25) is 9.59 Å². The van der Waals surface area contributed by atoms with Crippen LogP contribution in [0.5, 0.6) is 0 Å². The van der Waals surface area contributed by atoms with Gasteiger partial charge in [0.15, 0.2) is 0 Å². The van der Waals surface area contributed by atoms with Crippen molar-refractivity contribution in [2.75, 3.05) is 39.4 Å². The average molecular weight is 283 g/mol. The SMILES string of the molecule is CC1CC(CN)(C(=O)NCCC(=O)N2CCOCC2)C1. The zero-order chi connectivity index (χ0) is 14.6. The quantitative estimate of drug-likeness (QED) is 0.727. The van der Waals surface area contributed by atoms with Crippen molar-refractivity contribution in [1.29, 1.82) is 0 Å². The summed E-state index contributed by atoms with van der Waals surface area (Å²) in [6.07, 6.45) is 2.06. The van der Waals surface area contributed by atoms with Crippen LogP contribution in [0.3, 0.4) is 0 Å². The summed E-state index contributed by atoms with van der Waals surface area (Å²) in [5.74, 6) is 0.657. The van der Waals surface area contributed by atoms with Gasteiger partial charge in [-0.2, -0.15) is 0 Å². The fraction of sp³-hybridized carbons (Fsp3) is 0.857. The Hall–Kier alpha value is -1.14. The summed E-state index contributed by atoms with van der Waals surface area (Å²) in [7, 11) is 0. The summed E-state index contributed by atoms with van der Waals surface area (Å²) in [6, 6.07) is 0. The molecule has 0 aromatic heterocycles. The molecule has 0 unspecified atom stereocenters. The van der Waals surface area contributed by atoms with Crippen LogP contribution in [0.1, 0.15) is 26.2 Å². The van der Waals surface area contributed by atoms with E-state index >= 15 is 0 Å². The first kappa shape index (κ1) is 15.3. The van der Waals surface area contributed by atoms with Crippen molar-refractivity contribution in [3.05, 3.63) is 0 Å². The molecule has 2 amide bonds. The predicted octanol–water partition coefficient (Wildman–Crippen LogP) is -0.273. The normalized spacial score (nSPS) is 29.7. The minimum absolute atomic E-state index is 0.00729. The lowest BCUT2D eigenvalue weighted by Crippen LogP contribution is -2.53. The molecule has 0 aromatic carbocycles. The number of hydrogen-bond acceptors (Lipinski definition) is 4. The number of ether oxygens (including phenoxy) is 1. The maximum atomic E-state index is 12.1. The van der Waals surface area contributed by atoms with E-state index in [2.05, 4.69) is 12.2 Å². The van der Waals surface area contributed by atoms with Gasteiger partial charge in [-0.05, 0) is 18.8 Å². The minimum atomic E-state index is -0.387. The third kappa shape index (κ3) is 3.30. The summed E-state index contributed by atoms with van der Waals surface area (Å²) in [4.78, 5) is 25.9. The van der Waals surface area contributed by atoms with Crippen LogP contribution in [0.15, 0.2) is 0 Å². The number of nitrogens with zero attached hydrogens (tertiary/aromatic N) is 1. The minimum Gasteiger partial charge on any atom is -0.378 e. The number of morpholine rings is 1. The Morgan fingerprint density at radius 2 is 2.00 bits per heavy atom. The molecule has 20 heavy (non-hydrogen) atoms. The number of amides is 2. The van der Waals surface area contributed by atoms with Gasteiger partial charge >= 0.3 is 0 Å². The second-order valence-electron chi connectivity index (χ2n) is 6.00. The van der Waals surface area contributed by atoms with Crippen molar-refractivity contribution in [1.82, 2.24) is 10.2 Å².